The Hall–Kier alpha value is -1.97. The second kappa shape index (κ2) is 7.07. The average molecular weight is 330 g/mol. The van der Waals surface area contributed by atoms with Gasteiger partial charge in [-0.05, 0) is 35.4 Å². The fraction of sp³-hybridized carbons (Fsp3) is 0.263. The summed E-state index contributed by atoms with van der Waals surface area (Å²) in [5.74, 6) is 0.828. The van der Waals surface area contributed by atoms with Gasteiger partial charge < -0.3 is 14.4 Å². The van der Waals surface area contributed by atoms with Crippen LogP contribution < -0.4 is 9.64 Å². The lowest BCUT2D eigenvalue weighted by Gasteiger charge is -2.31. The normalized spacial score (nSPS) is 14.6. The minimum absolute atomic E-state index is 0.718. The molecule has 3 rings (SSSR count). The van der Waals surface area contributed by atoms with Crippen LogP contribution >= 0.6 is 11.6 Å². The van der Waals surface area contributed by atoms with Crippen molar-refractivity contribution in [3.63, 3.8) is 0 Å². The Morgan fingerprint density at radius 3 is 2.48 bits per heavy atom. The van der Waals surface area contributed by atoms with Crippen LogP contribution in [-0.2, 0) is 4.74 Å². The first-order valence-corrected chi connectivity index (χ1v) is 8.03. The van der Waals surface area contributed by atoms with Gasteiger partial charge in [0.25, 0.3) is 0 Å². The minimum Gasteiger partial charge on any atom is -0.496 e. The van der Waals surface area contributed by atoms with E-state index in [1.54, 1.807) is 7.11 Å². The van der Waals surface area contributed by atoms with Gasteiger partial charge in [-0.2, -0.15) is 0 Å². The number of anilines is 1. The van der Waals surface area contributed by atoms with Crippen molar-refractivity contribution in [1.82, 2.24) is 0 Å². The van der Waals surface area contributed by atoms with Gasteiger partial charge in [-0.15, -0.1) is 0 Å². The number of hydrogen-bond acceptors (Lipinski definition) is 3. The fourth-order valence-electron chi connectivity index (χ4n) is 2.86. The van der Waals surface area contributed by atoms with E-state index in [4.69, 9.17) is 21.1 Å². The molecule has 0 radical (unpaired) electrons. The third kappa shape index (κ3) is 3.36. The lowest BCUT2D eigenvalue weighted by molar-refractivity contribution is 0.122. The minimum atomic E-state index is 0.718. The van der Waals surface area contributed by atoms with Crippen molar-refractivity contribution in [3.05, 3.63) is 65.2 Å². The van der Waals surface area contributed by atoms with E-state index >= 15 is 0 Å². The van der Waals surface area contributed by atoms with Gasteiger partial charge in [0.1, 0.15) is 5.75 Å². The van der Waals surface area contributed by atoms with Gasteiger partial charge in [0.2, 0.25) is 0 Å². The number of nitrogens with zero attached hydrogens (tertiary/aromatic N) is 1. The van der Waals surface area contributed by atoms with Gasteiger partial charge in [0, 0.05) is 29.4 Å². The lowest BCUT2D eigenvalue weighted by atomic mass is 9.96. The molecule has 0 N–H and O–H groups in total. The molecule has 4 heteroatoms. The second-order valence-electron chi connectivity index (χ2n) is 5.44. The van der Waals surface area contributed by atoms with Crippen LogP contribution in [0, 0.1) is 0 Å². The topological polar surface area (TPSA) is 21.7 Å². The Labute approximate surface area is 142 Å². The van der Waals surface area contributed by atoms with E-state index in [0.29, 0.717) is 0 Å². The van der Waals surface area contributed by atoms with E-state index in [0.717, 1.165) is 59.5 Å². The van der Waals surface area contributed by atoms with Gasteiger partial charge in [-0.1, -0.05) is 36.4 Å². The standard InChI is InChI=1S/C19H20ClNO2/c1-14(15-6-8-16(20)9-7-15)19-17(4-3-5-18(19)22-2)21-10-12-23-13-11-21/h3-9H,1,10-13H2,2H3. The van der Waals surface area contributed by atoms with Crippen molar-refractivity contribution in [2.24, 2.45) is 0 Å². The molecule has 1 saturated heterocycles. The zero-order chi connectivity index (χ0) is 16.2. The quantitative estimate of drug-likeness (QED) is 0.837. The molecule has 0 saturated carbocycles. The summed E-state index contributed by atoms with van der Waals surface area (Å²) in [6.07, 6.45) is 0. The molecule has 1 aliphatic heterocycles. The van der Waals surface area contributed by atoms with Crippen LogP contribution in [0.3, 0.4) is 0 Å². The first-order chi connectivity index (χ1) is 11.2. The van der Waals surface area contributed by atoms with Crippen molar-refractivity contribution in [1.29, 1.82) is 0 Å². The molecule has 0 amide bonds. The van der Waals surface area contributed by atoms with Crippen LogP contribution in [0.2, 0.25) is 5.02 Å². The van der Waals surface area contributed by atoms with Crippen LogP contribution in [0.25, 0.3) is 5.57 Å². The zero-order valence-corrected chi connectivity index (χ0v) is 14.0. The zero-order valence-electron chi connectivity index (χ0n) is 13.2. The molecule has 23 heavy (non-hydrogen) atoms. The van der Waals surface area contributed by atoms with Crippen molar-refractivity contribution < 1.29 is 9.47 Å². The van der Waals surface area contributed by atoms with Gasteiger partial charge in [-0.25, -0.2) is 0 Å². The molecule has 2 aromatic rings. The second-order valence-corrected chi connectivity index (χ2v) is 5.88. The van der Waals surface area contributed by atoms with Crippen LogP contribution in [0.4, 0.5) is 5.69 Å². The molecule has 0 spiro atoms. The molecule has 1 heterocycles. The predicted molar refractivity (Wildman–Crippen MR) is 95.6 cm³/mol. The Kier molecular flexibility index (Phi) is 4.89. The maximum absolute atomic E-state index is 6.00. The van der Waals surface area contributed by atoms with Crippen LogP contribution in [0.15, 0.2) is 49.0 Å². The number of benzene rings is 2. The average Bonchev–Trinajstić information content (AvgIpc) is 2.62. The third-order valence-electron chi connectivity index (χ3n) is 4.07. The van der Waals surface area contributed by atoms with E-state index in [-0.39, 0.29) is 0 Å². The molecule has 0 unspecified atom stereocenters. The summed E-state index contributed by atoms with van der Waals surface area (Å²) in [6, 6.07) is 13.8. The van der Waals surface area contributed by atoms with Crippen LogP contribution in [0.5, 0.6) is 5.75 Å². The molecule has 2 aromatic carbocycles. The van der Waals surface area contributed by atoms with E-state index in [1.807, 2.05) is 36.4 Å². The molecule has 120 valence electrons. The summed E-state index contributed by atoms with van der Waals surface area (Å²) in [6.45, 7) is 7.53. The van der Waals surface area contributed by atoms with Gasteiger partial charge in [0.15, 0.2) is 0 Å². The van der Waals surface area contributed by atoms with E-state index in [1.165, 1.54) is 0 Å². The van der Waals surface area contributed by atoms with Crippen LogP contribution in [-0.4, -0.2) is 33.4 Å². The highest BCUT2D eigenvalue weighted by molar-refractivity contribution is 6.30. The molecule has 0 bridgehead atoms. The van der Waals surface area contributed by atoms with Crippen molar-refractivity contribution in [2.75, 3.05) is 38.3 Å². The van der Waals surface area contributed by atoms with Crippen LogP contribution in [0.1, 0.15) is 11.1 Å². The maximum Gasteiger partial charge on any atom is 0.128 e. The number of hydrogen-bond donors (Lipinski definition) is 0. The van der Waals surface area contributed by atoms with Gasteiger partial charge in [0.05, 0.1) is 20.3 Å². The Morgan fingerprint density at radius 2 is 1.83 bits per heavy atom. The number of halogens is 1. The van der Waals surface area contributed by atoms with E-state index in [2.05, 4.69) is 17.5 Å². The summed E-state index contributed by atoms with van der Waals surface area (Å²) in [5, 5.41) is 0.718. The van der Waals surface area contributed by atoms with Gasteiger partial charge >= 0.3 is 0 Å². The Balaban J connectivity index is 2.04. The molecular formula is C19H20ClNO2. The monoisotopic (exact) mass is 329 g/mol. The fourth-order valence-corrected chi connectivity index (χ4v) is 2.98. The number of morpholine rings is 1. The van der Waals surface area contributed by atoms with E-state index < -0.39 is 0 Å². The molecule has 1 aliphatic rings. The molecule has 1 fully saturated rings. The van der Waals surface area contributed by atoms with E-state index in [9.17, 15) is 0 Å². The highest BCUT2D eigenvalue weighted by Crippen LogP contribution is 2.38. The Morgan fingerprint density at radius 1 is 1.13 bits per heavy atom. The van der Waals surface area contributed by atoms with Gasteiger partial charge in [-0.3, -0.25) is 0 Å². The summed E-state index contributed by atoms with van der Waals surface area (Å²) < 4.78 is 11.1. The number of methoxy groups -OCH3 is 1. The van der Waals surface area contributed by atoms with Crippen molar-refractivity contribution in [2.45, 2.75) is 0 Å². The first-order valence-electron chi connectivity index (χ1n) is 7.65. The summed E-state index contributed by atoms with van der Waals surface area (Å²) >= 11 is 6.00. The number of rotatable bonds is 4. The number of ether oxygens (including phenoxy) is 2. The lowest BCUT2D eigenvalue weighted by Crippen LogP contribution is -2.36. The molecule has 0 aromatic heterocycles. The molecular weight excluding hydrogens is 310 g/mol. The van der Waals surface area contributed by atoms with Crippen molar-refractivity contribution >= 4 is 22.9 Å². The first kappa shape index (κ1) is 15.9. The molecule has 0 aliphatic carbocycles. The summed E-state index contributed by atoms with van der Waals surface area (Å²) in [5.41, 5.74) is 4.13. The summed E-state index contributed by atoms with van der Waals surface area (Å²) in [4.78, 5) is 2.32. The Bertz CT molecular complexity index is 691. The maximum atomic E-state index is 6.00. The largest absolute Gasteiger partial charge is 0.496 e. The third-order valence-corrected chi connectivity index (χ3v) is 4.32. The molecule has 3 nitrogen and oxygen atoms in total. The SMILES string of the molecule is C=C(c1ccc(Cl)cc1)c1c(OC)cccc1N1CCOCC1. The highest BCUT2D eigenvalue weighted by atomic mass is 35.5. The smallest absolute Gasteiger partial charge is 0.128 e. The van der Waals surface area contributed by atoms with Crippen molar-refractivity contribution in [3.8, 4) is 5.75 Å². The predicted octanol–water partition coefficient (Wildman–Crippen LogP) is 4.25. The molecule has 0 atom stereocenters. The highest BCUT2D eigenvalue weighted by Gasteiger charge is 2.20. The summed E-state index contributed by atoms with van der Waals surface area (Å²) in [7, 11) is 1.69.